The first kappa shape index (κ1) is 14.1. The smallest absolute Gasteiger partial charge is 0.0328 e. The van der Waals surface area contributed by atoms with Crippen molar-refractivity contribution in [3.05, 3.63) is 35.4 Å². The molecule has 2 nitrogen and oxygen atoms in total. The number of aryl methyl sites for hydroxylation is 1. The molecule has 1 saturated heterocycles. The summed E-state index contributed by atoms with van der Waals surface area (Å²) in [5.74, 6) is 0. The third-order valence-corrected chi connectivity index (χ3v) is 4.92. The predicted molar refractivity (Wildman–Crippen MR) is 85.0 cm³/mol. The Kier molecular flexibility index (Phi) is 4.74. The van der Waals surface area contributed by atoms with Crippen molar-refractivity contribution >= 4 is 0 Å². The van der Waals surface area contributed by atoms with Crippen LogP contribution in [0, 0.1) is 0 Å². The van der Waals surface area contributed by atoms with Gasteiger partial charge in [-0.05, 0) is 56.7 Å². The van der Waals surface area contributed by atoms with Crippen LogP contribution in [0.15, 0.2) is 24.3 Å². The highest BCUT2D eigenvalue weighted by Gasteiger charge is 2.24. The Morgan fingerprint density at radius 1 is 1.20 bits per heavy atom. The van der Waals surface area contributed by atoms with Crippen LogP contribution in [-0.2, 0) is 6.42 Å². The molecule has 0 aromatic heterocycles. The van der Waals surface area contributed by atoms with E-state index in [2.05, 4.69) is 41.8 Å². The predicted octanol–water partition coefficient (Wildman–Crippen LogP) is 3.57. The Labute approximate surface area is 123 Å². The van der Waals surface area contributed by atoms with E-state index in [0.29, 0.717) is 12.1 Å². The summed E-state index contributed by atoms with van der Waals surface area (Å²) in [7, 11) is 0. The summed E-state index contributed by atoms with van der Waals surface area (Å²) in [6.45, 7) is 3.57. The Bertz CT molecular complexity index is 421. The van der Waals surface area contributed by atoms with E-state index in [1.807, 2.05) is 0 Å². The van der Waals surface area contributed by atoms with Crippen LogP contribution in [0.4, 0.5) is 0 Å². The highest BCUT2D eigenvalue weighted by Crippen LogP contribution is 2.31. The summed E-state index contributed by atoms with van der Waals surface area (Å²) in [6.07, 6.45) is 9.28. The molecule has 1 aromatic carbocycles. The molecule has 2 heteroatoms. The second-order valence-corrected chi connectivity index (χ2v) is 6.59. The molecule has 3 atom stereocenters. The van der Waals surface area contributed by atoms with Gasteiger partial charge in [0, 0.05) is 18.1 Å². The van der Waals surface area contributed by atoms with Crippen molar-refractivity contribution in [2.24, 2.45) is 0 Å². The zero-order valence-corrected chi connectivity index (χ0v) is 12.7. The van der Waals surface area contributed by atoms with E-state index >= 15 is 0 Å². The highest BCUT2D eigenvalue weighted by atomic mass is 15.0. The Hall–Kier alpha value is -0.860. The first-order valence-corrected chi connectivity index (χ1v) is 8.40. The van der Waals surface area contributed by atoms with Crippen molar-refractivity contribution in [2.45, 2.75) is 70.0 Å². The van der Waals surface area contributed by atoms with E-state index < -0.39 is 0 Å². The van der Waals surface area contributed by atoms with Crippen LogP contribution in [-0.4, -0.2) is 18.6 Å². The molecule has 0 spiro atoms. The van der Waals surface area contributed by atoms with Crippen molar-refractivity contribution in [3.63, 3.8) is 0 Å². The molecule has 0 bridgehead atoms. The first-order chi connectivity index (χ1) is 9.83. The van der Waals surface area contributed by atoms with Gasteiger partial charge in [0.15, 0.2) is 0 Å². The Balaban J connectivity index is 1.53. The van der Waals surface area contributed by atoms with E-state index in [4.69, 9.17) is 0 Å². The molecule has 2 aliphatic rings. The monoisotopic (exact) mass is 272 g/mol. The summed E-state index contributed by atoms with van der Waals surface area (Å²) >= 11 is 0. The minimum Gasteiger partial charge on any atom is -0.314 e. The van der Waals surface area contributed by atoms with Gasteiger partial charge in [-0.1, -0.05) is 37.1 Å². The summed E-state index contributed by atoms with van der Waals surface area (Å²) in [4.78, 5) is 0. The van der Waals surface area contributed by atoms with E-state index in [1.165, 1.54) is 57.1 Å². The van der Waals surface area contributed by atoms with Crippen LogP contribution in [0.5, 0.6) is 0 Å². The van der Waals surface area contributed by atoms with E-state index in [9.17, 15) is 0 Å². The van der Waals surface area contributed by atoms with E-state index in [-0.39, 0.29) is 0 Å². The van der Waals surface area contributed by atoms with Gasteiger partial charge in [0.05, 0.1) is 0 Å². The molecular formula is C18H28N2. The van der Waals surface area contributed by atoms with Crippen molar-refractivity contribution in [3.8, 4) is 0 Å². The number of hydrogen-bond acceptors (Lipinski definition) is 2. The lowest BCUT2D eigenvalue weighted by atomic mass is 10.0. The van der Waals surface area contributed by atoms with Crippen LogP contribution < -0.4 is 10.6 Å². The maximum atomic E-state index is 3.86. The quantitative estimate of drug-likeness (QED) is 0.875. The molecule has 1 fully saturated rings. The van der Waals surface area contributed by atoms with E-state index in [0.717, 1.165) is 6.04 Å². The SMILES string of the molecule is CC(CC1CCCCCN1)NC1CCc2ccccc21. The topological polar surface area (TPSA) is 24.1 Å². The second-order valence-electron chi connectivity index (χ2n) is 6.59. The molecule has 0 saturated carbocycles. The molecule has 0 amide bonds. The maximum absolute atomic E-state index is 3.86. The summed E-state index contributed by atoms with van der Waals surface area (Å²) < 4.78 is 0. The second kappa shape index (κ2) is 6.73. The zero-order chi connectivity index (χ0) is 13.8. The fourth-order valence-electron chi connectivity index (χ4n) is 3.87. The van der Waals surface area contributed by atoms with Gasteiger partial charge in [-0.2, -0.15) is 0 Å². The van der Waals surface area contributed by atoms with Gasteiger partial charge in [0.25, 0.3) is 0 Å². The molecule has 110 valence electrons. The molecule has 20 heavy (non-hydrogen) atoms. The average Bonchev–Trinajstić information content (AvgIpc) is 2.68. The van der Waals surface area contributed by atoms with E-state index in [1.54, 1.807) is 5.56 Å². The Morgan fingerprint density at radius 3 is 3.05 bits per heavy atom. The van der Waals surface area contributed by atoms with Gasteiger partial charge in [-0.25, -0.2) is 0 Å². The van der Waals surface area contributed by atoms with Gasteiger partial charge in [0.2, 0.25) is 0 Å². The minimum atomic E-state index is 0.576. The van der Waals surface area contributed by atoms with Crippen molar-refractivity contribution in [1.29, 1.82) is 0 Å². The molecule has 3 unspecified atom stereocenters. The van der Waals surface area contributed by atoms with Gasteiger partial charge in [0.1, 0.15) is 0 Å². The van der Waals surface area contributed by atoms with Gasteiger partial charge >= 0.3 is 0 Å². The molecular weight excluding hydrogens is 244 g/mol. The van der Waals surface area contributed by atoms with Crippen LogP contribution in [0.3, 0.4) is 0 Å². The standard InChI is InChI=1S/C18H28N2/c1-14(13-16-8-3-2-6-12-19-16)20-18-11-10-15-7-4-5-9-17(15)18/h4-5,7,9,14,16,18-20H,2-3,6,8,10-13H2,1H3. The molecule has 1 aromatic rings. The van der Waals surface area contributed by atoms with Crippen molar-refractivity contribution in [1.82, 2.24) is 10.6 Å². The summed E-state index contributed by atoms with van der Waals surface area (Å²) in [5.41, 5.74) is 3.08. The van der Waals surface area contributed by atoms with Gasteiger partial charge in [-0.3, -0.25) is 0 Å². The minimum absolute atomic E-state index is 0.576. The Morgan fingerprint density at radius 2 is 2.10 bits per heavy atom. The number of hydrogen-bond donors (Lipinski definition) is 2. The highest BCUT2D eigenvalue weighted by molar-refractivity contribution is 5.34. The summed E-state index contributed by atoms with van der Waals surface area (Å²) in [6, 6.07) is 10.8. The normalized spacial score (nSPS) is 27.9. The van der Waals surface area contributed by atoms with Crippen LogP contribution in [0.2, 0.25) is 0 Å². The molecule has 3 rings (SSSR count). The fraction of sp³-hybridized carbons (Fsp3) is 0.667. The number of nitrogens with one attached hydrogen (secondary N) is 2. The van der Waals surface area contributed by atoms with Crippen LogP contribution in [0.25, 0.3) is 0 Å². The lowest BCUT2D eigenvalue weighted by Crippen LogP contribution is -2.37. The molecule has 0 radical (unpaired) electrons. The number of benzene rings is 1. The molecule has 1 aliphatic carbocycles. The van der Waals surface area contributed by atoms with Crippen LogP contribution >= 0.6 is 0 Å². The molecule has 2 N–H and O–H groups in total. The molecule has 1 aliphatic heterocycles. The maximum Gasteiger partial charge on any atom is 0.0328 e. The zero-order valence-electron chi connectivity index (χ0n) is 12.7. The van der Waals surface area contributed by atoms with Crippen LogP contribution in [0.1, 0.15) is 62.6 Å². The third kappa shape index (κ3) is 3.42. The van der Waals surface area contributed by atoms with Gasteiger partial charge < -0.3 is 10.6 Å². The fourth-order valence-corrected chi connectivity index (χ4v) is 3.87. The van der Waals surface area contributed by atoms with Crippen molar-refractivity contribution in [2.75, 3.05) is 6.54 Å². The lowest BCUT2D eigenvalue weighted by molar-refractivity contribution is 0.371. The average molecular weight is 272 g/mol. The molecule has 1 heterocycles. The summed E-state index contributed by atoms with van der Waals surface area (Å²) in [5, 5.41) is 7.58. The largest absolute Gasteiger partial charge is 0.314 e. The third-order valence-electron chi connectivity index (χ3n) is 4.92. The first-order valence-electron chi connectivity index (χ1n) is 8.40. The van der Waals surface area contributed by atoms with Crippen molar-refractivity contribution < 1.29 is 0 Å². The van der Waals surface area contributed by atoms with Gasteiger partial charge in [-0.15, -0.1) is 0 Å². The lowest BCUT2D eigenvalue weighted by Gasteiger charge is -2.25. The number of rotatable bonds is 4. The number of fused-ring (bicyclic) bond motifs is 1.